The number of hydroxylamine groups is 4. The maximum Gasteiger partial charge on any atom is 0.359 e. The highest BCUT2D eigenvalue weighted by Crippen LogP contribution is 2.40. The van der Waals surface area contributed by atoms with E-state index in [0.29, 0.717) is 89.7 Å². The van der Waals surface area contributed by atoms with Crippen LogP contribution in [0.5, 0.6) is 0 Å². The van der Waals surface area contributed by atoms with Crippen LogP contribution in [0.1, 0.15) is 113 Å². The highest BCUT2D eigenvalue weighted by Gasteiger charge is 2.47. The summed E-state index contributed by atoms with van der Waals surface area (Å²) in [5.74, 6) is -1.63. The second-order valence-electron chi connectivity index (χ2n) is 20.3. The number of hydrogen-bond acceptors (Lipinski definition) is 10. The van der Waals surface area contributed by atoms with E-state index in [4.69, 9.17) is 74.3 Å². The van der Waals surface area contributed by atoms with Gasteiger partial charge in [-0.2, -0.15) is 20.3 Å². The zero-order chi connectivity index (χ0) is 52.7. The fourth-order valence-corrected chi connectivity index (χ4v) is 10.9. The van der Waals surface area contributed by atoms with Gasteiger partial charge in [0.2, 0.25) is 0 Å². The number of esters is 1. The van der Waals surface area contributed by atoms with Gasteiger partial charge in [0.25, 0.3) is 0 Å². The van der Waals surface area contributed by atoms with Crippen molar-refractivity contribution in [1.29, 1.82) is 0 Å². The number of piperidine rings is 2. The molecule has 13 nitrogen and oxygen atoms in total. The number of hydrogen-bond donors (Lipinski definition) is 4. The summed E-state index contributed by atoms with van der Waals surface area (Å²) in [5.41, 5.74) is 3.67. The minimum Gasteiger partial charge on any atom is -0.476 e. The molecule has 2 aliphatic rings. The molecule has 0 amide bonds. The number of ether oxygens (including phenoxy) is 1. The van der Waals surface area contributed by atoms with E-state index in [1.165, 1.54) is 14.8 Å². The molecule has 0 unspecified atom stereocenters. The molecule has 2 saturated heterocycles. The molecule has 0 atom stereocenters. The molecule has 2 aliphatic heterocycles. The first-order valence-electron chi connectivity index (χ1n) is 22.7. The molecular weight excluding hydrogens is 1030 g/mol. The lowest BCUT2D eigenvalue weighted by Crippen LogP contribution is -2.60. The van der Waals surface area contributed by atoms with Crippen molar-refractivity contribution in [2.75, 3.05) is 0 Å². The van der Waals surface area contributed by atoms with Crippen LogP contribution >= 0.6 is 69.6 Å². The summed E-state index contributed by atoms with van der Waals surface area (Å²) in [4.78, 5) is 24.9. The van der Waals surface area contributed by atoms with E-state index >= 15 is 0 Å². The molecule has 19 heteroatoms. The molecule has 0 aliphatic carbocycles. The topological polar surface area (TPSA) is 166 Å². The number of aliphatic hydroxyl groups excluding tert-OH is 1. The number of nitrogens with zero attached hydrogens (tertiary/aromatic N) is 6. The molecule has 2 fully saturated rings. The maximum atomic E-state index is 13.4. The predicted molar refractivity (Wildman–Crippen MR) is 282 cm³/mol. The van der Waals surface area contributed by atoms with Crippen molar-refractivity contribution in [3.8, 4) is 33.9 Å². The quantitative estimate of drug-likeness (QED) is 0.112. The number of carboxylic acid groups (broad SMARTS) is 1. The van der Waals surface area contributed by atoms with Crippen LogP contribution in [0, 0.1) is 13.8 Å². The van der Waals surface area contributed by atoms with Crippen LogP contribution in [0.25, 0.3) is 33.9 Å². The fourth-order valence-electron chi connectivity index (χ4n) is 9.62. The number of aliphatic hydroxyl groups is 1. The summed E-state index contributed by atoms with van der Waals surface area (Å²) >= 11 is 36.9. The van der Waals surface area contributed by atoms with Crippen LogP contribution in [-0.4, -0.2) is 96.6 Å². The van der Waals surface area contributed by atoms with Gasteiger partial charge in [-0.25, -0.2) is 19.0 Å². The standard InChI is InChI=1S/C26H28Cl3N3O3.C17H11Cl3N2O2.C9H19NO2/c1-15-22(24(33)35-19-13-25(2,3)32(34)26(4,5)14-19)30-31(21-11-10-18(28)12-20(21)29)23(15)16-6-8-17(27)9-7-16;1-9-15(17(23)24)21-22(14-7-6-12(19)8-13(14)20)16(9)10-2-4-11(18)5-3-10;1-8(2)5-7(11)6-9(3,4)10(8)12/h6-12,19,34H,13-14H2,1-5H3;2-8H,1H3,(H,23,24);7,11-12H,5-6H2,1-4H3. The third kappa shape index (κ3) is 12.6. The maximum absolute atomic E-state index is 13.4. The molecule has 2 aromatic heterocycles. The van der Waals surface area contributed by atoms with Gasteiger partial charge in [0, 0.05) is 77.3 Å². The van der Waals surface area contributed by atoms with Crippen molar-refractivity contribution < 1.29 is 35.0 Å². The Bertz CT molecular complexity index is 2880. The van der Waals surface area contributed by atoms with Crippen molar-refractivity contribution in [2.24, 2.45) is 0 Å². The van der Waals surface area contributed by atoms with Crippen LogP contribution in [0.2, 0.25) is 30.1 Å². The Morgan fingerprint density at radius 2 is 0.887 bits per heavy atom. The Balaban J connectivity index is 0.000000197. The van der Waals surface area contributed by atoms with Crippen LogP contribution in [0.4, 0.5) is 0 Å². The number of halogens is 6. The summed E-state index contributed by atoms with van der Waals surface area (Å²) in [5, 5.41) is 53.9. The molecule has 71 heavy (non-hydrogen) atoms. The first kappa shape index (κ1) is 56.1. The molecule has 4 aromatic carbocycles. The number of carbonyl (C=O) groups is 2. The molecule has 4 heterocycles. The largest absolute Gasteiger partial charge is 0.476 e. The molecule has 0 radical (unpaired) electrons. The third-order valence-electron chi connectivity index (χ3n) is 12.6. The van der Waals surface area contributed by atoms with Gasteiger partial charge in [0.15, 0.2) is 11.4 Å². The smallest absolute Gasteiger partial charge is 0.359 e. The summed E-state index contributed by atoms with van der Waals surface area (Å²) in [6.45, 7) is 19.0. The van der Waals surface area contributed by atoms with E-state index in [-0.39, 0.29) is 34.7 Å². The van der Waals surface area contributed by atoms with E-state index in [1.807, 2.05) is 74.4 Å². The number of aromatic carboxylic acids is 1. The van der Waals surface area contributed by atoms with Crippen molar-refractivity contribution >= 4 is 81.5 Å². The highest BCUT2D eigenvalue weighted by atomic mass is 35.5. The minimum absolute atomic E-state index is 0.0361. The van der Waals surface area contributed by atoms with Crippen molar-refractivity contribution in [3.63, 3.8) is 0 Å². The average Bonchev–Trinajstić information content (AvgIpc) is 3.79. The van der Waals surface area contributed by atoms with Gasteiger partial charge >= 0.3 is 11.9 Å². The lowest BCUT2D eigenvalue weighted by atomic mass is 9.80. The van der Waals surface area contributed by atoms with Crippen molar-refractivity contribution in [2.45, 2.75) is 129 Å². The van der Waals surface area contributed by atoms with Gasteiger partial charge in [-0.3, -0.25) is 0 Å². The number of aromatic nitrogens is 4. The fraction of sp³-hybridized carbons (Fsp3) is 0.385. The third-order valence-corrected chi connectivity index (χ3v) is 14.2. The Kier molecular flexibility index (Phi) is 17.1. The van der Waals surface area contributed by atoms with Gasteiger partial charge in [0.05, 0.1) is 38.9 Å². The average molecular weight is 1090 g/mol. The van der Waals surface area contributed by atoms with Gasteiger partial charge < -0.3 is 25.4 Å². The van der Waals surface area contributed by atoms with Crippen molar-refractivity contribution in [3.05, 3.63) is 138 Å². The summed E-state index contributed by atoms with van der Waals surface area (Å²) in [6.07, 6.45) is 1.58. The number of carbonyl (C=O) groups excluding carboxylic acids is 1. The van der Waals surface area contributed by atoms with E-state index in [2.05, 4.69) is 10.2 Å². The highest BCUT2D eigenvalue weighted by molar-refractivity contribution is 6.36. The van der Waals surface area contributed by atoms with Gasteiger partial charge in [0.1, 0.15) is 6.10 Å². The lowest BCUT2D eigenvalue weighted by Gasteiger charge is -2.50. The molecular formula is C52H58Cl6N6O7. The Labute approximate surface area is 444 Å². The zero-order valence-corrected chi connectivity index (χ0v) is 45.6. The van der Waals surface area contributed by atoms with Gasteiger partial charge in [-0.1, -0.05) is 93.9 Å². The predicted octanol–water partition coefficient (Wildman–Crippen LogP) is 14.3. The van der Waals surface area contributed by atoms with E-state index < -0.39 is 23.0 Å². The summed E-state index contributed by atoms with van der Waals surface area (Å²) in [6, 6.07) is 24.4. The molecule has 6 aromatic rings. The number of carboxylic acids is 1. The van der Waals surface area contributed by atoms with Crippen molar-refractivity contribution in [1.82, 2.24) is 29.7 Å². The first-order chi connectivity index (χ1) is 32.9. The monoisotopic (exact) mass is 1090 g/mol. The van der Waals surface area contributed by atoms with Gasteiger partial charge in [-0.15, -0.1) is 0 Å². The molecule has 0 saturated carbocycles. The molecule has 4 N–H and O–H groups in total. The van der Waals surface area contributed by atoms with Gasteiger partial charge in [-0.05, 0) is 143 Å². The Morgan fingerprint density at radius 3 is 1.25 bits per heavy atom. The SMILES string of the molecule is CC1(C)CC(O)CC(C)(C)N1O.Cc1c(C(=O)O)nn(-c2ccc(Cl)cc2Cl)c1-c1ccc(Cl)cc1.Cc1c(C(=O)OC2CC(C)(C)N(O)C(C)(C)C2)nn(-c2ccc(Cl)cc2Cl)c1-c1ccc(Cl)cc1. The number of rotatable bonds is 7. The van der Waals surface area contributed by atoms with E-state index in [9.17, 15) is 30.2 Å². The van der Waals surface area contributed by atoms with Crippen LogP contribution < -0.4 is 0 Å². The number of benzene rings is 4. The summed E-state index contributed by atoms with van der Waals surface area (Å²) < 4.78 is 9.11. The molecule has 380 valence electrons. The minimum atomic E-state index is -1.11. The van der Waals surface area contributed by atoms with Crippen LogP contribution in [0.15, 0.2) is 84.9 Å². The van der Waals surface area contributed by atoms with E-state index in [1.54, 1.807) is 84.4 Å². The Hall–Kier alpha value is -4.22. The van der Waals surface area contributed by atoms with Crippen LogP contribution in [-0.2, 0) is 4.74 Å². The second-order valence-corrected chi connectivity index (χ2v) is 22.9. The lowest BCUT2D eigenvalue weighted by molar-refractivity contribution is -0.257. The van der Waals surface area contributed by atoms with Crippen LogP contribution in [0.3, 0.4) is 0 Å². The van der Waals surface area contributed by atoms with E-state index in [0.717, 1.165) is 11.1 Å². The Morgan fingerprint density at radius 1 is 0.549 bits per heavy atom. The summed E-state index contributed by atoms with van der Waals surface area (Å²) in [7, 11) is 0. The zero-order valence-electron chi connectivity index (χ0n) is 41.0. The second kappa shape index (κ2) is 21.7. The normalized spacial score (nSPS) is 17.7. The molecule has 0 bridgehead atoms. The first-order valence-corrected chi connectivity index (χ1v) is 24.9. The molecule has 0 spiro atoms. The molecule has 8 rings (SSSR count).